The second-order valence-corrected chi connectivity index (χ2v) is 8.63. The van der Waals surface area contributed by atoms with Crippen LogP contribution in [0.1, 0.15) is 25.2 Å². The molecular weight excluding hydrogens is 483 g/mol. The topological polar surface area (TPSA) is 105 Å². The Morgan fingerprint density at radius 2 is 1.66 bits per heavy atom. The zero-order chi connectivity index (χ0) is 26.1. The minimum atomic E-state index is -0.627. The lowest BCUT2D eigenvalue weighted by atomic mass is 10.1. The van der Waals surface area contributed by atoms with E-state index in [0.29, 0.717) is 40.6 Å². The van der Waals surface area contributed by atoms with Crippen LogP contribution in [-0.4, -0.2) is 29.6 Å². The van der Waals surface area contributed by atoms with E-state index in [0.717, 1.165) is 0 Å². The quantitative estimate of drug-likeness (QED) is 0.300. The van der Waals surface area contributed by atoms with Crippen molar-refractivity contribution >= 4 is 39.3 Å². The molecule has 6 aromatic rings. The lowest BCUT2D eigenvalue weighted by molar-refractivity contribution is 0.599. The van der Waals surface area contributed by atoms with Gasteiger partial charge in [-0.25, -0.2) is 29.3 Å². The Balaban J connectivity index is 1.63. The third-order valence-electron chi connectivity index (χ3n) is 6.31. The van der Waals surface area contributed by atoms with Gasteiger partial charge in [0.05, 0.1) is 29.3 Å². The van der Waals surface area contributed by atoms with Gasteiger partial charge in [-0.1, -0.05) is 49.4 Å². The van der Waals surface area contributed by atoms with Gasteiger partial charge in [-0.3, -0.25) is 4.79 Å². The Morgan fingerprint density at radius 1 is 0.947 bits per heavy atom. The van der Waals surface area contributed by atoms with Crippen LogP contribution in [0, 0.1) is 5.82 Å². The van der Waals surface area contributed by atoms with E-state index in [2.05, 4.69) is 25.3 Å². The van der Waals surface area contributed by atoms with Gasteiger partial charge in [0.2, 0.25) is 0 Å². The predicted molar refractivity (Wildman–Crippen MR) is 145 cm³/mol. The summed E-state index contributed by atoms with van der Waals surface area (Å²) in [5, 5.41) is 5.09. The van der Waals surface area contributed by atoms with Crippen LogP contribution in [0.3, 0.4) is 0 Å². The molecule has 0 aliphatic carbocycles. The van der Waals surface area contributed by atoms with Gasteiger partial charge >= 0.3 is 0 Å². The average Bonchev–Trinajstić information content (AvgIpc) is 3.44. The molecule has 0 spiro atoms. The molecule has 3 aromatic carbocycles. The fourth-order valence-corrected chi connectivity index (χ4v) is 4.52. The molecule has 0 unspecified atom stereocenters. The van der Waals surface area contributed by atoms with E-state index in [-0.39, 0.29) is 10.9 Å². The van der Waals surface area contributed by atoms with E-state index in [1.165, 1.54) is 17.1 Å². The first-order valence-corrected chi connectivity index (χ1v) is 12.2. The standard InChI is InChI=1S/C28H23FN8O/c1-2-21(34-26-24-25(31-16-30-24)32-17-33-26)27-35-22-15-9-14-20(29)23(22)28(38)37(27)36(18-10-5-3-6-11-18)19-12-7-4-8-13-19/h3-17,21H,2H2,1H3,(H2,30,31,32,33,34)/t21-/m0/s1. The van der Waals surface area contributed by atoms with E-state index in [4.69, 9.17) is 4.98 Å². The number of imidazole rings is 1. The van der Waals surface area contributed by atoms with E-state index in [1.54, 1.807) is 23.5 Å². The summed E-state index contributed by atoms with van der Waals surface area (Å²) in [5.41, 5.74) is 2.33. The van der Waals surface area contributed by atoms with E-state index in [9.17, 15) is 4.79 Å². The summed E-state index contributed by atoms with van der Waals surface area (Å²) in [4.78, 5) is 34.9. The highest BCUT2D eigenvalue weighted by atomic mass is 19.1. The van der Waals surface area contributed by atoms with Crippen molar-refractivity contribution in [3.63, 3.8) is 0 Å². The maximum Gasteiger partial charge on any atom is 0.283 e. The van der Waals surface area contributed by atoms with Crippen molar-refractivity contribution in [1.29, 1.82) is 0 Å². The normalized spacial score (nSPS) is 12.1. The Bertz CT molecular complexity index is 1750. The van der Waals surface area contributed by atoms with Crippen LogP contribution in [0.4, 0.5) is 21.6 Å². The molecule has 0 aliphatic heterocycles. The Labute approximate surface area is 216 Å². The number of hydrogen-bond acceptors (Lipinski definition) is 7. The van der Waals surface area contributed by atoms with Gasteiger partial charge in [0, 0.05) is 0 Å². The largest absolute Gasteiger partial charge is 0.358 e. The zero-order valence-electron chi connectivity index (χ0n) is 20.4. The van der Waals surface area contributed by atoms with Crippen LogP contribution < -0.4 is 15.9 Å². The zero-order valence-corrected chi connectivity index (χ0v) is 20.4. The number of anilines is 3. The summed E-state index contributed by atoms with van der Waals surface area (Å²) < 4.78 is 16.5. The van der Waals surface area contributed by atoms with Gasteiger partial charge in [0.1, 0.15) is 23.0 Å². The highest BCUT2D eigenvalue weighted by Crippen LogP contribution is 2.30. The Morgan fingerprint density at radius 3 is 2.34 bits per heavy atom. The molecule has 3 heterocycles. The summed E-state index contributed by atoms with van der Waals surface area (Å²) in [6.07, 6.45) is 3.52. The van der Waals surface area contributed by atoms with Gasteiger partial charge in [-0.05, 0) is 42.8 Å². The molecule has 0 bridgehead atoms. The molecule has 2 N–H and O–H groups in total. The number of rotatable bonds is 7. The number of halogens is 1. The van der Waals surface area contributed by atoms with E-state index in [1.807, 2.05) is 67.6 Å². The summed E-state index contributed by atoms with van der Waals surface area (Å²) in [6.45, 7) is 1.98. The van der Waals surface area contributed by atoms with Crippen molar-refractivity contribution in [2.75, 3.05) is 10.3 Å². The number of aromatic nitrogens is 6. The minimum absolute atomic E-state index is 0.0824. The first kappa shape index (κ1) is 23.3. The van der Waals surface area contributed by atoms with Gasteiger partial charge in [-0.15, -0.1) is 0 Å². The Hall–Kier alpha value is -5.12. The lowest BCUT2D eigenvalue weighted by Gasteiger charge is -2.31. The fourth-order valence-electron chi connectivity index (χ4n) is 4.52. The molecule has 10 heteroatoms. The number of hydrogen-bond donors (Lipinski definition) is 2. The van der Waals surface area contributed by atoms with Crippen molar-refractivity contribution in [2.24, 2.45) is 0 Å². The van der Waals surface area contributed by atoms with E-state index < -0.39 is 17.4 Å². The van der Waals surface area contributed by atoms with Crippen molar-refractivity contribution in [3.8, 4) is 0 Å². The number of nitrogens with one attached hydrogen (secondary N) is 2. The molecule has 0 fully saturated rings. The molecule has 0 radical (unpaired) electrons. The van der Waals surface area contributed by atoms with Crippen LogP contribution in [0.2, 0.25) is 0 Å². The fraction of sp³-hybridized carbons (Fsp3) is 0.107. The second kappa shape index (κ2) is 9.74. The molecule has 0 amide bonds. The van der Waals surface area contributed by atoms with Crippen LogP contribution in [0.15, 0.2) is 96.3 Å². The van der Waals surface area contributed by atoms with Crippen LogP contribution in [-0.2, 0) is 0 Å². The third kappa shape index (κ3) is 4.01. The number of H-pyrrole nitrogens is 1. The maximum absolute atomic E-state index is 15.1. The molecule has 0 saturated carbocycles. The molecule has 0 saturated heterocycles. The van der Waals surface area contributed by atoms with Crippen LogP contribution in [0.25, 0.3) is 22.1 Å². The molecule has 9 nitrogen and oxygen atoms in total. The first-order valence-electron chi connectivity index (χ1n) is 12.2. The first-order chi connectivity index (χ1) is 18.7. The average molecular weight is 507 g/mol. The maximum atomic E-state index is 15.1. The lowest BCUT2D eigenvalue weighted by Crippen LogP contribution is -2.40. The molecule has 38 heavy (non-hydrogen) atoms. The summed E-state index contributed by atoms with van der Waals surface area (Å²) in [5.74, 6) is 0.289. The van der Waals surface area contributed by atoms with Gasteiger partial charge in [0.15, 0.2) is 17.3 Å². The van der Waals surface area contributed by atoms with Gasteiger partial charge in [0.25, 0.3) is 5.56 Å². The summed E-state index contributed by atoms with van der Waals surface area (Å²) in [6, 6.07) is 22.9. The molecule has 0 aliphatic rings. The smallest absolute Gasteiger partial charge is 0.283 e. The van der Waals surface area contributed by atoms with Crippen molar-refractivity contribution in [3.05, 3.63) is 114 Å². The van der Waals surface area contributed by atoms with Crippen molar-refractivity contribution < 1.29 is 4.39 Å². The number of fused-ring (bicyclic) bond motifs is 2. The highest BCUT2D eigenvalue weighted by Gasteiger charge is 2.26. The number of aromatic amines is 1. The third-order valence-corrected chi connectivity index (χ3v) is 6.31. The predicted octanol–water partition coefficient (Wildman–Crippen LogP) is 5.37. The van der Waals surface area contributed by atoms with Crippen molar-refractivity contribution in [1.82, 2.24) is 29.6 Å². The molecular formula is C28H23FN8O. The highest BCUT2D eigenvalue weighted by molar-refractivity contribution is 5.82. The Kier molecular flexibility index (Phi) is 5.97. The number of para-hydroxylation sites is 2. The van der Waals surface area contributed by atoms with Crippen molar-refractivity contribution in [2.45, 2.75) is 19.4 Å². The summed E-state index contributed by atoms with van der Waals surface area (Å²) >= 11 is 0. The molecule has 188 valence electrons. The monoisotopic (exact) mass is 506 g/mol. The van der Waals surface area contributed by atoms with E-state index >= 15 is 4.39 Å². The van der Waals surface area contributed by atoms with Gasteiger partial charge in [-0.2, -0.15) is 4.68 Å². The van der Waals surface area contributed by atoms with Crippen LogP contribution >= 0.6 is 0 Å². The number of benzene rings is 3. The molecule has 6 rings (SSSR count). The SMILES string of the molecule is CC[C@H](Nc1ncnc2nc[nH]c12)c1nc2cccc(F)c2c(=O)n1N(c1ccccc1)c1ccccc1. The molecule has 3 aromatic heterocycles. The number of nitrogens with zero attached hydrogens (tertiary/aromatic N) is 6. The molecule has 1 atom stereocenters. The minimum Gasteiger partial charge on any atom is -0.358 e. The summed E-state index contributed by atoms with van der Waals surface area (Å²) in [7, 11) is 0. The van der Waals surface area contributed by atoms with Crippen LogP contribution in [0.5, 0.6) is 0 Å². The second-order valence-electron chi connectivity index (χ2n) is 8.63. The van der Waals surface area contributed by atoms with Gasteiger partial charge < -0.3 is 10.3 Å².